The Balaban J connectivity index is 2.04. The van der Waals surface area contributed by atoms with Gasteiger partial charge in [0.25, 0.3) is 0 Å². The number of aromatic nitrogens is 2. The van der Waals surface area contributed by atoms with E-state index in [4.69, 9.17) is 11.6 Å². The summed E-state index contributed by atoms with van der Waals surface area (Å²) in [6.07, 6.45) is 6.53. The molecular weight excluding hydrogens is 222 g/mol. The van der Waals surface area contributed by atoms with Crippen molar-refractivity contribution < 1.29 is 0 Å². The van der Waals surface area contributed by atoms with Crippen LogP contribution in [0.4, 0.5) is 11.8 Å². The van der Waals surface area contributed by atoms with E-state index < -0.39 is 0 Å². The molecule has 0 atom stereocenters. The van der Waals surface area contributed by atoms with Crippen molar-refractivity contribution in [2.75, 3.05) is 11.2 Å². The summed E-state index contributed by atoms with van der Waals surface area (Å²) in [6.45, 7) is 0. The maximum Gasteiger partial charge on any atom is 0.223 e. The maximum atomic E-state index is 5.61. The average Bonchev–Trinajstić information content (AvgIpc) is 2.29. The highest BCUT2D eigenvalue weighted by molar-refractivity contribution is 7.99. The number of hydrazine groups is 1. The second-order valence-electron chi connectivity index (χ2n) is 3.97. The van der Waals surface area contributed by atoms with E-state index >= 15 is 0 Å². The molecule has 0 radical (unpaired) electrons. The standard InChI is InChI=1S/C10H17N5S/c11-10-13-8(15-12)6-9(14-10)16-7-4-2-1-3-5-7/h6-7H,1-5,12H2,(H3,11,13,14,15). The molecule has 1 saturated carbocycles. The number of nitrogens with two attached hydrogens (primary N) is 2. The zero-order chi connectivity index (χ0) is 11.4. The smallest absolute Gasteiger partial charge is 0.223 e. The molecule has 1 aliphatic carbocycles. The number of anilines is 2. The fourth-order valence-electron chi connectivity index (χ4n) is 1.93. The molecule has 0 bridgehead atoms. The van der Waals surface area contributed by atoms with Gasteiger partial charge >= 0.3 is 0 Å². The van der Waals surface area contributed by atoms with E-state index in [0.717, 1.165) is 5.03 Å². The van der Waals surface area contributed by atoms with Crippen molar-refractivity contribution in [3.05, 3.63) is 6.07 Å². The Morgan fingerprint density at radius 2 is 2.00 bits per heavy atom. The maximum absolute atomic E-state index is 5.61. The molecule has 0 aromatic carbocycles. The van der Waals surface area contributed by atoms with E-state index in [2.05, 4.69) is 15.4 Å². The largest absolute Gasteiger partial charge is 0.368 e. The molecule has 6 heteroatoms. The third-order valence-electron chi connectivity index (χ3n) is 2.71. The van der Waals surface area contributed by atoms with Crippen LogP contribution in [0, 0.1) is 0 Å². The molecule has 16 heavy (non-hydrogen) atoms. The van der Waals surface area contributed by atoms with Gasteiger partial charge in [0.15, 0.2) is 0 Å². The van der Waals surface area contributed by atoms with Gasteiger partial charge in [0.1, 0.15) is 10.8 Å². The van der Waals surface area contributed by atoms with Gasteiger partial charge in [-0.05, 0) is 12.8 Å². The van der Waals surface area contributed by atoms with Gasteiger partial charge in [0, 0.05) is 11.3 Å². The molecule has 0 unspecified atom stereocenters. The van der Waals surface area contributed by atoms with E-state index in [0.29, 0.717) is 11.1 Å². The highest BCUT2D eigenvalue weighted by atomic mass is 32.2. The summed E-state index contributed by atoms with van der Waals surface area (Å²) in [5.74, 6) is 6.16. The molecular formula is C10H17N5S. The summed E-state index contributed by atoms with van der Waals surface area (Å²) < 4.78 is 0. The minimum absolute atomic E-state index is 0.272. The topological polar surface area (TPSA) is 89.8 Å². The van der Waals surface area contributed by atoms with Gasteiger partial charge < -0.3 is 11.2 Å². The van der Waals surface area contributed by atoms with Gasteiger partial charge in [0.05, 0.1) is 0 Å². The minimum Gasteiger partial charge on any atom is -0.368 e. The van der Waals surface area contributed by atoms with E-state index in [1.165, 1.54) is 32.1 Å². The van der Waals surface area contributed by atoms with Crippen LogP contribution in [-0.2, 0) is 0 Å². The number of nitrogens with one attached hydrogen (secondary N) is 1. The molecule has 5 nitrogen and oxygen atoms in total. The summed E-state index contributed by atoms with van der Waals surface area (Å²) in [7, 11) is 0. The Kier molecular flexibility index (Phi) is 3.84. The molecule has 0 aliphatic heterocycles. The van der Waals surface area contributed by atoms with Gasteiger partial charge in [-0.1, -0.05) is 19.3 Å². The van der Waals surface area contributed by atoms with Crippen LogP contribution >= 0.6 is 11.8 Å². The minimum atomic E-state index is 0.272. The molecule has 0 saturated heterocycles. The quantitative estimate of drug-likeness (QED) is 0.423. The lowest BCUT2D eigenvalue weighted by atomic mass is 10.0. The van der Waals surface area contributed by atoms with Gasteiger partial charge in [0.2, 0.25) is 5.95 Å². The average molecular weight is 239 g/mol. The van der Waals surface area contributed by atoms with Crippen molar-refractivity contribution in [3.63, 3.8) is 0 Å². The second-order valence-corrected chi connectivity index (χ2v) is 5.29. The first-order valence-corrected chi connectivity index (χ1v) is 6.44. The van der Waals surface area contributed by atoms with E-state index in [1.807, 2.05) is 6.07 Å². The van der Waals surface area contributed by atoms with E-state index in [9.17, 15) is 0 Å². The number of rotatable bonds is 3. The van der Waals surface area contributed by atoms with Crippen LogP contribution in [0.15, 0.2) is 11.1 Å². The first-order chi connectivity index (χ1) is 7.78. The van der Waals surface area contributed by atoms with Crippen molar-refractivity contribution >= 4 is 23.5 Å². The van der Waals surface area contributed by atoms with Crippen LogP contribution in [0.25, 0.3) is 0 Å². The van der Waals surface area contributed by atoms with Gasteiger partial charge in [-0.15, -0.1) is 11.8 Å². The Bertz CT molecular complexity index is 351. The fourth-order valence-corrected chi connectivity index (χ4v) is 3.17. The summed E-state index contributed by atoms with van der Waals surface area (Å²) >= 11 is 1.78. The normalized spacial score (nSPS) is 17.3. The van der Waals surface area contributed by atoms with Crippen molar-refractivity contribution in [2.24, 2.45) is 5.84 Å². The first kappa shape index (κ1) is 11.5. The molecule has 0 spiro atoms. The molecule has 0 amide bonds. The van der Waals surface area contributed by atoms with Crippen LogP contribution < -0.4 is 17.0 Å². The fraction of sp³-hybridized carbons (Fsp3) is 0.600. The number of thioether (sulfide) groups is 1. The highest BCUT2D eigenvalue weighted by Gasteiger charge is 2.15. The summed E-state index contributed by atoms with van der Waals surface area (Å²) in [5, 5.41) is 1.57. The molecule has 1 fully saturated rings. The molecule has 5 N–H and O–H groups in total. The van der Waals surface area contributed by atoms with E-state index in [-0.39, 0.29) is 5.95 Å². The Labute approximate surface area is 99.4 Å². The zero-order valence-electron chi connectivity index (χ0n) is 9.15. The van der Waals surface area contributed by atoms with Crippen molar-refractivity contribution in [3.8, 4) is 0 Å². The van der Waals surface area contributed by atoms with Crippen molar-refractivity contribution in [1.82, 2.24) is 9.97 Å². The Hall–Kier alpha value is -1.01. The predicted octanol–water partition coefficient (Wildman–Crippen LogP) is 1.77. The van der Waals surface area contributed by atoms with Gasteiger partial charge in [-0.25, -0.2) is 10.8 Å². The SMILES string of the molecule is NNc1cc(SC2CCCCC2)nc(N)n1. The summed E-state index contributed by atoms with van der Waals surface area (Å²) in [5.41, 5.74) is 8.11. The summed E-state index contributed by atoms with van der Waals surface area (Å²) in [6, 6.07) is 1.84. The van der Waals surface area contributed by atoms with Crippen molar-refractivity contribution in [2.45, 2.75) is 42.4 Å². The third kappa shape index (κ3) is 2.99. The van der Waals surface area contributed by atoms with Crippen LogP contribution in [-0.4, -0.2) is 15.2 Å². The van der Waals surface area contributed by atoms with Crippen LogP contribution in [0.3, 0.4) is 0 Å². The molecule has 88 valence electrons. The zero-order valence-corrected chi connectivity index (χ0v) is 9.96. The molecule has 1 aliphatic rings. The van der Waals surface area contributed by atoms with Gasteiger partial charge in [-0.2, -0.15) is 4.98 Å². The van der Waals surface area contributed by atoms with Crippen LogP contribution in [0.5, 0.6) is 0 Å². The lowest BCUT2D eigenvalue weighted by Gasteiger charge is -2.20. The summed E-state index contributed by atoms with van der Waals surface area (Å²) in [4.78, 5) is 8.17. The van der Waals surface area contributed by atoms with E-state index in [1.54, 1.807) is 11.8 Å². The molecule has 2 rings (SSSR count). The number of nitrogens with zero attached hydrogens (tertiary/aromatic N) is 2. The van der Waals surface area contributed by atoms with Crippen molar-refractivity contribution in [1.29, 1.82) is 0 Å². The lowest BCUT2D eigenvalue weighted by Crippen LogP contribution is -2.12. The van der Waals surface area contributed by atoms with Crippen LogP contribution in [0.2, 0.25) is 0 Å². The second kappa shape index (κ2) is 5.36. The lowest BCUT2D eigenvalue weighted by molar-refractivity contribution is 0.515. The molecule has 1 aromatic heterocycles. The number of hydrogen-bond donors (Lipinski definition) is 3. The van der Waals surface area contributed by atoms with Crippen LogP contribution in [0.1, 0.15) is 32.1 Å². The first-order valence-electron chi connectivity index (χ1n) is 5.56. The predicted molar refractivity (Wildman–Crippen MR) is 67.0 cm³/mol. The Morgan fingerprint density at radius 1 is 1.25 bits per heavy atom. The molecule has 1 heterocycles. The monoisotopic (exact) mass is 239 g/mol. The number of nitrogen functional groups attached to an aromatic ring is 2. The third-order valence-corrected chi connectivity index (χ3v) is 3.96. The number of hydrogen-bond acceptors (Lipinski definition) is 6. The van der Waals surface area contributed by atoms with Gasteiger partial charge in [-0.3, -0.25) is 0 Å². The Morgan fingerprint density at radius 3 is 2.69 bits per heavy atom. The highest BCUT2D eigenvalue weighted by Crippen LogP contribution is 2.33. The molecule has 1 aromatic rings.